The third-order valence-corrected chi connectivity index (χ3v) is 6.45. The molecule has 2 aromatic heterocycles. The number of nitrogens with zero attached hydrogens (tertiary/aromatic N) is 2. The minimum absolute atomic E-state index is 0.0586. The molecule has 1 amide bonds. The summed E-state index contributed by atoms with van der Waals surface area (Å²) in [7, 11) is 0. The van der Waals surface area contributed by atoms with Crippen molar-refractivity contribution in [3.63, 3.8) is 0 Å². The Morgan fingerprint density at radius 2 is 1.97 bits per heavy atom. The lowest BCUT2D eigenvalue weighted by molar-refractivity contribution is 0.0526. The van der Waals surface area contributed by atoms with Crippen LogP contribution in [0.4, 0.5) is 5.00 Å². The van der Waals surface area contributed by atoms with Gasteiger partial charge in [-0.25, -0.2) is 9.48 Å². The molecule has 1 aliphatic rings. The monoisotopic (exact) mass is 459 g/mol. The zero-order valence-electron chi connectivity index (χ0n) is 17.0. The Morgan fingerprint density at radius 1 is 1.19 bits per heavy atom. The Kier molecular flexibility index (Phi) is 6.58. The molecule has 1 aromatic carbocycles. The summed E-state index contributed by atoms with van der Waals surface area (Å²) < 4.78 is 12.4. The molecule has 162 valence electrons. The molecule has 1 aliphatic carbocycles. The number of nitrogens with one attached hydrogen (secondary N) is 1. The largest absolute Gasteiger partial charge is 0.471 e. The van der Waals surface area contributed by atoms with E-state index in [1.165, 1.54) is 22.2 Å². The predicted octanol–water partition coefficient (Wildman–Crippen LogP) is 4.94. The van der Waals surface area contributed by atoms with Crippen LogP contribution >= 0.6 is 22.9 Å². The van der Waals surface area contributed by atoms with Gasteiger partial charge < -0.3 is 14.8 Å². The van der Waals surface area contributed by atoms with E-state index in [2.05, 4.69) is 10.4 Å². The number of halogens is 1. The Bertz CT molecular complexity index is 1090. The molecule has 0 atom stereocenters. The molecule has 0 radical (unpaired) electrons. The van der Waals surface area contributed by atoms with Gasteiger partial charge in [0.2, 0.25) is 0 Å². The van der Waals surface area contributed by atoms with Crippen LogP contribution in [0.1, 0.15) is 51.1 Å². The normalized spacial score (nSPS) is 12.8. The highest BCUT2D eigenvalue weighted by Crippen LogP contribution is 2.38. The molecular formula is C22H22ClN3O4S. The first-order valence-electron chi connectivity index (χ1n) is 10.1. The second-order valence-corrected chi connectivity index (χ2v) is 8.57. The average Bonchev–Trinajstić information content (AvgIpc) is 3.37. The second kappa shape index (κ2) is 9.53. The fourth-order valence-electron chi connectivity index (χ4n) is 3.54. The van der Waals surface area contributed by atoms with Crippen LogP contribution in [0.3, 0.4) is 0 Å². The first-order valence-corrected chi connectivity index (χ1v) is 11.3. The Balaban J connectivity index is 1.53. The van der Waals surface area contributed by atoms with Gasteiger partial charge in [0.05, 0.1) is 12.2 Å². The fraction of sp³-hybridized carbons (Fsp3) is 0.318. The van der Waals surface area contributed by atoms with Gasteiger partial charge in [0.1, 0.15) is 16.4 Å². The number of hydrogen-bond acceptors (Lipinski definition) is 6. The van der Waals surface area contributed by atoms with Crippen molar-refractivity contribution in [2.24, 2.45) is 0 Å². The molecule has 3 aromatic rings. The molecule has 0 spiro atoms. The van der Waals surface area contributed by atoms with E-state index in [1.54, 1.807) is 37.3 Å². The molecule has 0 bridgehead atoms. The van der Waals surface area contributed by atoms with Gasteiger partial charge in [-0.3, -0.25) is 4.79 Å². The third kappa shape index (κ3) is 4.75. The van der Waals surface area contributed by atoms with Crippen LogP contribution in [0.25, 0.3) is 0 Å². The van der Waals surface area contributed by atoms with Crippen molar-refractivity contribution < 1.29 is 19.1 Å². The number of carbonyl (C=O) groups is 2. The molecule has 4 rings (SSSR count). The molecule has 0 unspecified atom stereocenters. The highest BCUT2D eigenvalue weighted by atomic mass is 35.5. The topological polar surface area (TPSA) is 82.5 Å². The number of ether oxygens (including phenoxy) is 2. The molecule has 31 heavy (non-hydrogen) atoms. The van der Waals surface area contributed by atoms with Crippen LogP contribution in [0.5, 0.6) is 5.75 Å². The number of fused-ring (bicyclic) bond motifs is 1. The number of rotatable bonds is 7. The van der Waals surface area contributed by atoms with Crippen LogP contribution in [0.15, 0.2) is 36.5 Å². The molecular weight excluding hydrogens is 438 g/mol. The number of aryl methyl sites for hydroxylation is 1. The van der Waals surface area contributed by atoms with Crippen molar-refractivity contribution in [2.75, 3.05) is 11.9 Å². The summed E-state index contributed by atoms with van der Waals surface area (Å²) in [5.74, 6) is -0.139. The van der Waals surface area contributed by atoms with Crippen molar-refractivity contribution in [1.82, 2.24) is 9.78 Å². The van der Waals surface area contributed by atoms with E-state index in [0.717, 1.165) is 36.1 Å². The van der Waals surface area contributed by atoms with Gasteiger partial charge in [0.15, 0.2) is 6.73 Å². The summed E-state index contributed by atoms with van der Waals surface area (Å²) in [6.45, 7) is 2.11. The van der Waals surface area contributed by atoms with Gasteiger partial charge in [-0.2, -0.15) is 5.10 Å². The summed E-state index contributed by atoms with van der Waals surface area (Å²) in [5, 5.41) is 8.22. The summed E-state index contributed by atoms with van der Waals surface area (Å²) in [6.07, 6.45) is 5.38. The Hall–Kier alpha value is -2.84. The first kappa shape index (κ1) is 21.4. The van der Waals surface area contributed by atoms with Crippen LogP contribution in [0, 0.1) is 0 Å². The van der Waals surface area contributed by atoms with Crippen molar-refractivity contribution in [3.8, 4) is 5.75 Å². The fourth-order valence-corrected chi connectivity index (χ4v) is 4.93. The standard InChI is InChI=1S/C22H22ClN3O4S/c1-2-29-22(28)19-16-5-3-4-6-18(16)31-21(19)25-20(27)17-11-12-24-26(17)13-30-15-9-7-14(23)8-10-15/h7-12H,2-6,13H2,1H3,(H,25,27). The number of thiophene rings is 1. The number of carbonyl (C=O) groups excluding carboxylic acids is 2. The second-order valence-electron chi connectivity index (χ2n) is 7.03. The van der Waals surface area contributed by atoms with E-state index in [-0.39, 0.29) is 19.2 Å². The minimum atomic E-state index is -0.392. The smallest absolute Gasteiger partial charge is 0.341 e. The summed E-state index contributed by atoms with van der Waals surface area (Å²) in [6, 6.07) is 8.55. The molecule has 1 N–H and O–H groups in total. The van der Waals surface area contributed by atoms with Gasteiger partial charge in [-0.05, 0) is 68.5 Å². The van der Waals surface area contributed by atoms with Gasteiger partial charge in [0, 0.05) is 16.1 Å². The highest BCUT2D eigenvalue weighted by molar-refractivity contribution is 7.17. The van der Waals surface area contributed by atoms with Gasteiger partial charge in [-0.1, -0.05) is 11.6 Å². The molecule has 0 saturated heterocycles. The molecule has 9 heteroatoms. The maximum Gasteiger partial charge on any atom is 0.341 e. The van der Waals surface area contributed by atoms with E-state index in [4.69, 9.17) is 21.1 Å². The Labute approximate surface area is 188 Å². The minimum Gasteiger partial charge on any atom is -0.471 e. The molecule has 0 aliphatic heterocycles. The molecule has 0 saturated carbocycles. The summed E-state index contributed by atoms with van der Waals surface area (Å²) >= 11 is 7.34. The van der Waals surface area contributed by atoms with Crippen molar-refractivity contribution in [2.45, 2.75) is 39.3 Å². The summed E-state index contributed by atoms with van der Waals surface area (Å²) in [5.41, 5.74) is 1.82. The predicted molar refractivity (Wildman–Crippen MR) is 119 cm³/mol. The van der Waals surface area contributed by atoms with E-state index in [0.29, 0.717) is 27.0 Å². The number of benzene rings is 1. The van der Waals surface area contributed by atoms with Crippen LogP contribution < -0.4 is 10.1 Å². The lowest BCUT2D eigenvalue weighted by atomic mass is 9.95. The molecule has 7 nitrogen and oxygen atoms in total. The molecule has 0 fully saturated rings. The van der Waals surface area contributed by atoms with Crippen LogP contribution in [-0.2, 0) is 24.3 Å². The van der Waals surface area contributed by atoms with E-state index in [9.17, 15) is 9.59 Å². The zero-order valence-corrected chi connectivity index (χ0v) is 18.6. The van der Waals surface area contributed by atoms with Crippen LogP contribution in [0.2, 0.25) is 5.02 Å². The lowest BCUT2D eigenvalue weighted by Crippen LogP contribution is -2.20. The van der Waals surface area contributed by atoms with E-state index < -0.39 is 5.97 Å². The quantitative estimate of drug-likeness (QED) is 0.506. The molecule has 2 heterocycles. The van der Waals surface area contributed by atoms with Crippen molar-refractivity contribution in [3.05, 3.63) is 63.2 Å². The van der Waals surface area contributed by atoms with Crippen molar-refractivity contribution in [1.29, 1.82) is 0 Å². The SMILES string of the molecule is CCOC(=O)c1c(NC(=O)c2ccnn2COc2ccc(Cl)cc2)sc2c1CCCC2. The van der Waals surface area contributed by atoms with Crippen molar-refractivity contribution >= 4 is 39.8 Å². The third-order valence-electron chi connectivity index (χ3n) is 4.99. The van der Waals surface area contributed by atoms with Gasteiger partial charge >= 0.3 is 5.97 Å². The number of anilines is 1. The number of amides is 1. The van der Waals surface area contributed by atoms with Crippen LogP contribution in [-0.4, -0.2) is 28.3 Å². The average molecular weight is 460 g/mol. The van der Waals surface area contributed by atoms with E-state index in [1.807, 2.05) is 0 Å². The number of hydrogen-bond donors (Lipinski definition) is 1. The van der Waals surface area contributed by atoms with Gasteiger partial charge in [0.25, 0.3) is 5.91 Å². The first-order chi connectivity index (χ1) is 15.1. The Morgan fingerprint density at radius 3 is 2.74 bits per heavy atom. The summed E-state index contributed by atoms with van der Waals surface area (Å²) in [4.78, 5) is 26.8. The zero-order chi connectivity index (χ0) is 21.8. The maximum absolute atomic E-state index is 13.0. The number of aromatic nitrogens is 2. The maximum atomic E-state index is 13.0. The number of esters is 1. The van der Waals surface area contributed by atoms with E-state index >= 15 is 0 Å². The van der Waals surface area contributed by atoms with Gasteiger partial charge in [-0.15, -0.1) is 11.3 Å². The lowest BCUT2D eigenvalue weighted by Gasteiger charge is -2.12. The highest BCUT2D eigenvalue weighted by Gasteiger charge is 2.28.